The summed E-state index contributed by atoms with van der Waals surface area (Å²) in [4.78, 5) is 33.9. The van der Waals surface area contributed by atoms with Gasteiger partial charge in [0.2, 0.25) is 0 Å². The SMILES string of the molecule is C=CC(=O)OC1C2CC3C1OC(=O)C3C2C=O. The molecule has 1 saturated heterocycles. The summed E-state index contributed by atoms with van der Waals surface area (Å²) in [5.74, 6) is -1.59. The zero-order valence-electron chi connectivity index (χ0n) is 9.07. The average Bonchev–Trinajstić information content (AvgIpc) is 2.91. The molecule has 0 aromatic rings. The van der Waals surface area contributed by atoms with Gasteiger partial charge < -0.3 is 14.3 Å². The fourth-order valence-electron chi connectivity index (χ4n) is 3.57. The zero-order valence-corrected chi connectivity index (χ0v) is 9.07. The number of hydrogen-bond donors (Lipinski definition) is 0. The van der Waals surface area contributed by atoms with Crippen molar-refractivity contribution >= 4 is 18.2 Å². The van der Waals surface area contributed by atoms with Gasteiger partial charge in [0.15, 0.2) is 0 Å². The number of carbonyl (C=O) groups excluding carboxylic acids is 3. The molecule has 0 spiro atoms. The van der Waals surface area contributed by atoms with Gasteiger partial charge in [-0.3, -0.25) is 4.79 Å². The van der Waals surface area contributed by atoms with E-state index in [0.29, 0.717) is 0 Å². The van der Waals surface area contributed by atoms with Crippen LogP contribution in [0.5, 0.6) is 0 Å². The summed E-state index contributed by atoms with van der Waals surface area (Å²) in [6, 6.07) is 0. The molecule has 6 unspecified atom stereocenters. The molecule has 0 aromatic heterocycles. The lowest BCUT2D eigenvalue weighted by Crippen LogP contribution is -2.40. The summed E-state index contributed by atoms with van der Waals surface area (Å²) in [7, 11) is 0. The van der Waals surface area contributed by atoms with Crippen LogP contribution in [0.2, 0.25) is 0 Å². The lowest BCUT2D eigenvalue weighted by molar-refractivity contribution is -0.157. The Hall–Kier alpha value is -1.65. The molecule has 3 aliphatic rings. The van der Waals surface area contributed by atoms with E-state index in [2.05, 4.69) is 6.58 Å². The second-order valence-corrected chi connectivity index (χ2v) is 4.81. The van der Waals surface area contributed by atoms with Crippen molar-refractivity contribution in [3.05, 3.63) is 12.7 Å². The fourth-order valence-corrected chi connectivity index (χ4v) is 3.57. The molecule has 1 aliphatic heterocycles. The van der Waals surface area contributed by atoms with Gasteiger partial charge in [0.05, 0.1) is 5.92 Å². The smallest absolute Gasteiger partial charge is 0.330 e. The molecule has 5 nitrogen and oxygen atoms in total. The maximum absolute atomic E-state index is 11.6. The molecular formula is C12H12O5. The number of ether oxygens (including phenoxy) is 2. The molecule has 6 atom stereocenters. The topological polar surface area (TPSA) is 69.7 Å². The molecule has 3 rings (SSSR count). The van der Waals surface area contributed by atoms with Crippen LogP contribution in [0.3, 0.4) is 0 Å². The van der Waals surface area contributed by atoms with E-state index in [0.717, 1.165) is 18.8 Å². The highest BCUT2D eigenvalue weighted by atomic mass is 16.6. The molecule has 2 aliphatic carbocycles. The summed E-state index contributed by atoms with van der Waals surface area (Å²) in [6.07, 6.45) is 1.75. The second-order valence-electron chi connectivity index (χ2n) is 4.81. The normalized spacial score (nSPS) is 45.5. The molecule has 3 fully saturated rings. The summed E-state index contributed by atoms with van der Waals surface area (Å²) < 4.78 is 10.4. The summed E-state index contributed by atoms with van der Waals surface area (Å²) in [6.45, 7) is 3.33. The lowest BCUT2D eigenvalue weighted by atomic mass is 9.79. The van der Waals surface area contributed by atoms with Crippen LogP contribution < -0.4 is 0 Å². The van der Waals surface area contributed by atoms with Crippen molar-refractivity contribution in [2.24, 2.45) is 23.7 Å². The molecule has 1 heterocycles. The van der Waals surface area contributed by atoms with Crippen molar-refractivity contribution in [1.29, 1.82) is 0 Å². The van der Waals surface area contributed by atoms with Crippen molar-refractivity contribution in [1.82, 2.24) is 0 Å². The van der Waals surface area contributed by atoms with Crippen molar-refractivity contribution in [2.75, 3.05) is 0 Å². The predicted molar refractivity (Wildman–Crippen MR) is 54.6 cm³/mol. The van der Waals surface area contributed by atoms with Gasteiger partial charge in [0.1, 0.15) is 18.5 Å². The van der Waals surface area contributed by atoms with Gasteiger partial charge in [-0.2, -0.15) is 0 Å². The molecule has 0 amide bonds. The number of aldehydes is 1. The van der Waals surface area contributed by atoms with Crippen LogP contribution in [0.25, 0.3) is 0 Å². The Labute approximate surface area is 97.8 Å². The standard InChI is InChI=1S/C12H12O5/c1-2-8(14)16-10-5-3-6-9(7(5)4-13)12(15)17-11(6)10/h2,4-7,9-11H,1,3H2. The fraction of sp³-hybridized carbons (Fsp3) is 0.583. The first-order valence-electron chi connectivity index (χ1n) is 5.66. The van der Waals surface area contributed by atoms with Gasteiger partial charge >= 0.3 is 11.9 Å². The minimum atomic E-state index is -0.535. The quantitative estimate of drug-likeness (QED) is 0.394. The Balaban J connectivity index is 1.89. The second kappa shape index (κ2) is 3.42. The van der Waals surface area contributed by atoms with Gasteiger partial charge in [-0.15, -0.1) is 0 Å². The highest BCUT2D eigenvalue weighted by Gasteiger charge is 2.67. The van der Waals surface area contributed by atoms with Gasteiger partial charge in [-0.1, -0.05) is 6.58 Å². The van der Waals surface area contributed by atoms with E-state index in [-0.39, 0.29) is 35.7 Å². The summed E-state index contributed by atoms with van der Waals surface area (Å²) >= 11 is 0. The minimum absolute atomic E-state index is 0.0327. The van der Waals surface area contributed by atoms with Crippen LogP contribution >= 0.6 is 0 Å². The molecular weight excluding hydrogens is 224 g/mol. The van der Waals surface area contributed by atoms with Gasteiger partial charge in [-0.25, -0.2) is 4.79 Å². The Bertz CT molecular complexity index is 415. The number of carbonyl (C=O) groups is 3. The molecule has 17 heavy (non-hydrogen) atoms. The number of hydrogen-bond acceptors (Lipinski definition) is 5. The first kappa shape index (κ1) is 10.5. The number of fused-ring (bicyclic) bond motifs is 1. The van der Waals surface area contributed by atoms with Crippen LogP contribution in [0.1, 0.15) is 6.42 Å². The summed E-state index contributed by atoms with van der Waals surface area (Å²) in [5, 5.41) is 0. The van der Waals surface area contributed by atoms with Crippen LogP contribution in [-0.4, -0.2) is 30.4 Å². The Morgan fingerprint density at radius 2 is 2.24 bits per heavy atom. The lowest BCUT2D eigenvalue weighted by Gasteiger charge is -2.28. The third-order valence-corrected chi connectivity index (χ3v) is 4.18. The minimum Gasteiger partial charge on any atom is -0.458 e. The predicted octanol–water partition coefficient (Wildman–Crippen LogP) is 0.0906. The zero-order chi connectivity index (χ0) is 12.2. The molecule has 0 aromatic carbocycles. The monoisotopic (exact) mass is 236 g/mol. The maximum atomic E-state index is 11.6. The van der Waals surface area contributed by atoms with Crippen LogP contribution in [-0.2, 0) is 23.9 Å². The van der Waals surface area contributed by atoms with Crippen molar-refractivity contribution in [2.45, 2.75) is 18.6 Å². The van der Waals surface area contributed by atoms with E-state index < -0.39 is 12.1 Å². The Morgan fingerprint density at radius 3 is 2.88 bits per heavy atom. The van der Waals surface area contributed by atoms with E-state index in [1.165, 1.54) is 0 Å². The van der Waals surface area contributed by atoms with Crippen molar-refractivity contribution < 1.29 is 23.9 Å². The third-order valence-electron chi connectivity index (χ3n) is 4.18. The Kier molecular flexibility index (Phi) is 2.11. The molecule has 0 N–H and O–H groups in total. The first-order valence-corrected chi connectivity index (χ1v) is 5.66. The van der Waals surface area contributed by atoms with Crippen LogP contribution in [0.4, 0.5) is 0 Å². The molecule has 90 valence electrons. The largest absolute Gasteiger partial charge is 0.458 e. The summed E-state index contributed by atoms with van der Waals surface area (Å²) in [5.41, 5.74) is 0. The maximum Gasteiger partial charge on any atom is 0.330 e. The average molecular weight is 236 g/mol. The van der Waals surface area contributed by atoms with E-state index in [4.69, 9.17) is 9.47 Å². The van der Waals surface area contributed by atoms with E-state index in [1.54, 1.807) is 0 Å². The van der Waals surface area contributed by atoms with Crippen molar-refractivity contribution in [3.63, 3.8) is 0 Å². The van der Waals surface area contributed by atoms with Gasteiger partial charge in [-0.05, 0) is 6.42 Å². The van der Waals surface area contributed by atoms with E-state index in [1.807, 2.05) is 0 Å². The van der Waals surface area contributed by atoms with Crippen LogP contribution in [0, 0.1) is 23.7 Å². The number of esters is 2. The highest BCUT2D eigenvalue weighted by molar-refractivity contribution is 5.83. The molecule has 2 saturated carbocycles. The molecule has 0 radical (unpaired) electrons. The molecule has 2 bridgehead atoms. The first-order chi connectivity index (χ1) is 8.17. The number of rotatable bonds is 3. The van der Waals surface area contributed by atoms with E-state index in [9.17, 15) is 14.4 Å². The van der Waals surface area contributed by atoms with Crippen molar-refractivity contribution in [3.8, 4) is 0 Å². The molecule has 5 heteroatoms. The van der Waals surface area contributed by atoms with E-state index >= 15 is 0 Å². The Morgan fingerprint density at radius 1 is 1.47 bits per heavy atom. The third kappa shape index (κ3) is 1.22. The van der Waals surface area contributed by atoms with Crippen LogP contribution in [0.15, 0.2) is 12.7 Å². The highest BCUT2D eigenvalue weighted by Crippen LogP contribution is 2.57. The van der Waals surface area contributed by atoms with Gasteiger partial charge in [0.25, 0.3) is 0 Å². The van der Waals surface area contributed by atoms with Gasteiger partial charge in [0, 0.05) is 23.8 Å².